The lowest BCUT2D eigenvalue weighted by Crippen LogP contribution is -2.17. The van der Waals surface area contributed by atoms with E-state index in [1.54, 1.807) is 7.11 Å². The maximum Gasteiger partial charge on any atom is 0.0871 e. The minimum absolute atomic E-state index is 0.440. The van der Waals surface area contributed by atoms with Crippen LogP contribution in [0.25, 0.3) is 0 Å². The monoisotopic (exact) mass is 268 g/mol. The van der Waals surface area contributed by atoms with Crippen LogP contribution in [0.3, 0.4) is 0 Å². The van der Waals surface area contributed by atoms with Gasteiger partial charge >= 0.3 is 0 Å². The Labute approximate surface area is 116 Å². The number of hydrogen-bond acceptors (Lipinski definition) is 4. The predicted molar refractivity (Wildman–Crippen MR) is 77.0 cm³/mol. The van der Waals surface area contributed by atoms with Crippen LogP contribution in [0.4, 0.5) is 0 Å². The normalized spacial score (nSPS) is 13.2. The molecule has 5 nitrogen and oxygen atoms in total. The first-order chi connectivity index (χ1) is 9.08. The molecule has 1 heterocycles. The Morgan fingerprint density at radius 2 is 2.00 bits per heavy atom. The number of nitrogens with two attached hydrogens (primary N) is 1. The topological polar surface area (TPSA) is 66.0 Å². The highest BCUT2D eigenvalue weighted by Crippen LogP contribution is 2.14. The zero-order valence-corrected chi connectivity index (χ0v) is 12.7. The van der Waals surface area contributed by atoms with Gasteiger partial charge in [-0.15, -0.1) is 5.10 Å². The molecule has 0 bridgehead atoms. The van der Waals surface area contributed by atoms with E-state index >= 15 is 0 Å². The minimum Gasteiger partial charge on any atom is -0.384 e. The fraction of sp³-hybridized carbons (Fsp3) is 0.857. The summed E-state index contributed by atoms with van der Waals surface area (Å²) >= 11 is 0. The van der Waals surface area contributed by atoms with Gasteiger partial charge in [-0.3, -0.25) is 0 Å². The maximum atomic E-state index is 5.65. The Hall–Kier alpha value is -0.940. The molecule has 0 aliphatic rings. The summed E-state index contributed by atoms with van der Waals surface area (Å²) in [5.41, 5.74) is 7.96. The van der Waals surface area contributed by atoms with Crippen LogP contribution < -0.4 is 5.73 Å². The van der Waals surface area contributed by atoms with E-state index in [1.165, 1.54) is 5.69 Å². The lowest BCUT2D eigenvalue weighted by Gasteiger charge is -2.13. The fourth-order valence-electron chi connectivity index (χ4n) is 2.18. The van der Waals surface area contributed by atoms with E-state index in [0.717, 1.165) is 38.1 Å². The van der Waals surface area contributed by atoms with Crippen molar-refractivity contribution in [3.63, 3.8) is 0 Å². The van der Waals surface area contributed by atoms with E-state index < -0.39 is 0 Å². The van der Waals surface area contributed by atoms with E-state index in [1.807, 2.05) is 4.68 Å². The van der Waals surface area contributed by atoms with Gasteiger partial charge in [-0.25, -0.2) is 4.68 Å². The molecule has 1 rings (SSSR count). The third-order valence-electron chi connectivity index (χ3n) is 3.19. The van der Waals surface area contributed by atoms with Crippen molar-refractivity contribution >= 4 is 0 Å². The van der Waals surface area contributed by atoms with E-state index in [2.05, 4.69) is 31.1 Å². The maximum absolute atomic E-state index is 5.65. The summed E-state index contributed by atoms with van der Waals surface area (Å²) in [6.45, 7) is 8.88. The van der Waals surface area contributed by atoms with Gasteiger partial charge < -0.3 is 10.5 Å². The molecule has 19 heavy (non-hydrogen) atoms. The van der Waals surface area contributed by atoms with Gasteiger partial charge in [0, 0.05) is 20.1 Å². The minimum atomic E-state index is 0.440. The van der Waals surface area contributed by atoms with E-state index in [-0.39, 0.29) is 0 Å². The zero-order chi connectivity index (χ0) is 14.3. The van der Waals surface area contributed by atoms with Gasteiger partial charge in [0.25, 0.3) is 0 Å². The first-order valence-electron chi connectivity index (χ1n) is 7.18. The summed E-state index contributed by atoms with van der Waals surface area (Å²) in [4.78, 5) is 0. The van der Waals surface area contributed by atoms with Crippen molar-refractivity contribution in [2.24, 2.45) is 17.6 Å². The lowest BCUT2D eigenvalue weighted by atomic mass is 10.0. The molecular weight excluding hydrogens is 240 g/mol. The van der Waals surface area contributed by atoms with Crippen LogP contribution in [0.2, 0.25) is 0 Å². The molecule has 1 aromatic heterocycles. The van der Waals surface area contributed by atoms with Gasteiger partial charge in [0.1, 0.15) is 0 Å². The Kier molecular flexibility index (Phi) is 7.02. The van der Waals surface area contributed by atoms with E-state index in [9.17, 15) is 0 Å². The van der Waals surface area contributed by atoms with Gasteiger partial charge in [0.05, 0.1) is 18.0 Å². The van der Waals surface area contributed by atoms with Crippen molar-refractivity contribution in [3.8, 4) is 0 Å². The Balaban J connectivity index is 2.77. The fourth-order valence-corrected chi connectivity index (χ4v) is 2.18. The molecule has 110 valence electrons. The average molecular weight is 268 g/mol. The van der Waals surface area contributed by atoms with Gasteiger partial charge in [0.15, 0.2) is 0 Å². The van der Waals surface area contributed by atoms with Crippen molar-refractivity contribution in [2.75, 3.05) is 20.3 Å². The predicted octanol–water partition coefficient (Wildman–Crippen LogP) is 1.65. The van der Waals surface area contributed by atoms with E-state index in [4.69, 9.17) is 10.5 Å². The third kappa shape index (κ3) is 5.28. The van der Waals surface area contributed by atoms with Crippen LogP contribution in [-0.4, -0.2) is 35.3 Å². The Bertz CT molecular complexity index is 362. The highest BCUT2D eigenvalue weighted by atomic mass is 16.5. The second-order valence-electron chi connectivity index (χ2n) is 5.70. The van der Waals surface area contributed by atoms with Crippen LogP contribution in [0.1, 0.15) is 38.6 Å². The Morgan fingerprint density at radius 3 is 2.58 bits per heavy atom. The average Bonchev–Trinajstić information content (AvgIpc) is 2.70. The number of aromatic nitrogens is 3. The number of rotatable bonds is 9. The van der Waals surface area contributed by atoms with Gasteiger partial charge in [-0.1, -0.05) is 26.0 Å². The highest BCUT2D eigenvalue weighted by Gasteiger charge is 2.14. The van der Waals surface area contributed by atoms with Crippen LogP contribution in [0, 0.1) is 11.8 Å². The summed E-state index contributed by atoms with van der Waals surface area (Å²) in [5.74, 6) is 1.13. The molecule has 0 aromatic carbocycles. The Morgan fingerprint density at radius 1 is 1.26 bits per heavy atom. The molecule has 1 atom stereocenters. The summed E-state index contributed by atoms with van der Waals surface area (Å²) in [7, 11) is 1.73. The molecule has 0 fully saturated rings. The molecule has 1 unspecified atom stereocenters. The molecule has 5 heteroatoms. The number of ether oxygens (including phenoxy) is 1. The summed E-state index contributed by atoms with van der Waals surface area (Å²) in [6.07, 6.45) is 3.00. The molecular formula is C14H28N4O. The molecule has 0 saturated heterocycles. The van der Waals surface area contributed by atoms with Crippen LogP contribution in [-0.2, 0) is 24.1 Å². The number of hydrogen-bond donors (Lipinski definition) is 1. The number of nitrogens with zero attached hydrogens (tertiary/aromatic N) is 3. The van der Waals surface area contributed by atoms with Gasteiger partial charge in [-0.05, 0) is 31.2 Å². The van der Waals surface area contributed by atoms with Gasteiger partial charge in [0.2, 0.25) is 0 Å². The standard InChI is InChI=1S/C14H28N4O/c1-11(2)5-6-14-13(7-8-15)16-17-18(14)9-12(3)10-19-4/h11-12H,5-10,15H2,1-4H3. The zero-order valence-electron chi connectivity index (χ0n) is 12.7. The summed E-state index contributed by atoms with van der Waals surface area (Å²) in [6, 6.07) is 0. The van der Waals surface area contributed by atoms with Gasteiger partial charge in [-0.2, -0.15) is 0 Å². The van der Waals surface area contributed by atoms with Crippen LogP contribution >= 0.6 is 0 Å². The molecule has 1 aromatic rings. The highest BCUT2D eigenvalue weighted by molar-refractivity contribution is 5.11. The summed E-state index contributed by atoms with van der Waals surface area (Å²) in [5, 5.41) is 8.58. The first-order valence-corrected chi connectivity index (χ1v) is 7.18. The van der Waals surface area contributed by atoms with Crippen molar-refractivity contribution in [1.82, 2.24) is 15.0 Å². The van der Waals surface area contributed by atoms with Crippen molar-refractivity contribution in [1.29, 1.82) is 0 Å². The largest absolute Gasteiger partial charge is 0.384 e. The quantitative estimate of drug-likeness (QED) is 0.739. The molecule has 0 amide bonds. The lowest BCUT2D eigenvalue weighted by molar-refractivity contribution is 0.148. The van der Waals surface area contributed by atoms with Crippen LogP contribution in [0.5, 0.6) is 0 Å². The molecule has 0 saturated carbocycles. The second-order valence-corrected chi connectivity index (χ2v) is 5.70. The van der Waals surface area contributed by atoms with Crippen molar-refractivity contribution < 1.29 is 4.74 Å². The van der Waals surface area contributed by atoms with Crippen molar-refractivity contribution in [2.45, 2.75) is 46.6 Å². The molecule has 0 aliphatic heterocycles. The SMILES string of the molecule is COCC(C)Cn1nnc(CCN)c1CCC(C)C. The first kappa shape index (κ1) is 16.1. The molecule has 0 radical (unpaired) electrons. The third-order valence-corrected chi connectivity index (χ3v) is 3.19. The van der Waals surface area contributed by atoms with E-state index in [0.29, 0.717) is 18.4 Å². The second kappa shape index (κ2) is 8.27. The van der Waals surface area contributed by atoms with Crippen LogP contribution in [0.15, 0.2) is 0 Å². The number of methoxy groups -OCH3 is 1. The van der Waals surface area contributed by atoms with Crippen molar-refractivity contribution in [3.05, 3.63) is 11.4 Å². The smallest absolute Gasteiger partial charge is 0.0871 e. The summed E-state index contributed by atoms with van der Waals surface area (Å²) < 4.78 is 7.23. The molecule has 2 N–H and O–H groups in total. The molecule has 0 aliphatic carbocycles. The molecule has 0 spiro atoms.